The quantitative estimate of drug-likeness (QED) is 0.546. The molecule has 0 saturated carbocycles. The Morgan fingerprint density at radius 3 is 1.56 bits per heavy atom. The number of hydrogen-bond acceptors (Lipinski definition) is 0. The summed E-state index contributed by atoms with van der Waals surface area (Å²) in [6.45, 7) is 8.73. The Morgan fingerprint density at radius 1 is 1.00 bits per heavy atom. The molecule has 0 radical (unpaired) electrons. The maximum atomic E-state index is 7.63. The van der Waals surface area contributed by atoms with E-state index in [9.17, 15) is 0 Å². The van der Waals surface area contributed by atoms with Crippen molar-refractivity contribution in [1.29, 1.82) is 0 Å². The molecule has 0 saturated heterocycles. The molecule has 56 valence electrons. The van der Waals surface area contributed by atoms with Crippen molar-refractivity contribution in [2.75, 3.05) is 0 Å². The zero-order valence-corrected chi connectivity index (χ0v) is 7.15. The fourth-order valence-electron chi connectivity index (χ4n) is 0.763. The van der Waals surface area contributed by atoms with Crippen molar-refractivity contribution in [3.05, 3.63) is 0 Å². The zero-order chi connectivity index (χ0) is 8.15. The normalized spacial score (nSPS) is 13.4. The maximum absolute atomic E-state index is 7.63. The smallest absolute Gasteiger partial charge is 0.0267 e. The van der Waals surface area contributed by atoms with Gasteiger partial charge in [0.25, 0.3) is 0 Å². The van der Waals surface area contributed by atoms with Gasteiger partial charge in [0.15, 0.2) is 0 Å². The monoisotopic (exact) mass is 130 g/mol. The van der Waals surface area contributed by atoms with Crippen molar-refractivity contribution in [2.45, 2.75) is 46.9 Å². The van der Waals surface area contributed by atoms with Crippen molar-refractivity contribution in [2.24, 2.45) is 11.8 Å². The van der Waals surface area contributed by atoms with Gasteiger partial charge in [-0.05, 0) is 11.8 Å². The first-order valence-electron chi connectivity index (χ1n) is 4.52. The lowest BCUT2D eigenvalue weighted by molar-refractivity contribution is 0.480. The average molecular weight is 130 g/mol. The van der Waals surface area contributed by atoms with Crippen LogP contribution in [0.1, 0.15) is 48.3 Å². The largest absolute Gasteiger partial charge is 0.0628 e. The van der Waals surface area contributed by atoms with Gasteiger partial charge in [0.2, 0.25) is 0 Å². The second-order valence-electron chi connectivity index (χ2n) is 3.55. The molecular weight excluding hydrogens is 108 g/mol. The SMILES string of the molecule is [3H]C(CC(C)C)CC(C)C. The fourth-order valence-corrected chi connectivity index (χ4v) is 0.763. The van der Waals surface area contributed by atoms with Crippen molar-refractivity contribution < 1.29 is 1.37 Å². The van der Waals surface area contributed by atoms with E-state index in [1.165, 1.54) is 0 Å². The van der Waals surface area contributed by atoms with E-state index in [1.54, 1.807) is 0 Å². The van der Waals surface area contributed by atoms with E-state index in [-0.39, 0.29) is 6.40 Å². The molecule has 0 unspecified atom stereocenters. The topological polar surface area (TPSA) is 0 Å². The Kier molecular flexibility index (Phi) is 3.82. The third-order valence-electron chi connectivity index (χ3n) is 1.28. The van der Waals surface area contributed by atoms with Gasteiger partial charge in [0.05, 0.1) is 0 Å². The molecule has 0 aliphatic carbocycles. The molecule has 0 heteroatoms. The molecule has 0 amide bonds. The summed E-state index contributed by atoms with van der Waals surface area (Å²) in [7, 11) is 0. The second-order valence-corrected chi connectivity index (χ2v) is 3.55. The molecule has 0 aliphatic rings. The van der Waals surface area contributed by atoms with E-state index < -0.39 is 0 Å². The minimum absolute atomic E-state index is 0.167. The molecule has 0 aromatic rings. The summed E-state index contributed by atoms with van der Waals surface area (Å²) >= 11 is 0. The van der Waals surface area contributed by atoms with Crippen LogP contribution in [0, 0.1) is 11.8 Å². The maximum Gasteiger partial charge on any atom is 0.0267 e. The molecule has 0 rings (SSSR count). The number of hydrogen-bond donors (Lipinski definition) is 0. The van der Waals surface area contributed by atoms with E-state index in [4.69, 9.17) is 1.37 Å². The van der Waals surface area contributed by atoms with E-state index >= 15 is 0 Å². The molecule has 0 aromatic carbocycles. The highest BCUT2D eigenvalue weighted by Crippen LogP contribution is 2.10. The Hall–Kier alpha value is 0. The van der Waals surface area contributed by atoms with Crippen LogP contribution in [0.25, 0.3) is 0 Å². The van der Waals surface area contributed by atoms with E-state index in [0.29, 0.717) is 11.8 Å². The third-order valence-corrected chi connectivity index (χ3v) is 1.28. The molecule has 0 bridgehead atoms. The highest BCUT2D eigenvalue weighted by Gasteiger charge is 1.95. The minimum atomic E-state index is 0.167. The summed E-state index contributed by atoms with van der Waals surface area (Å²) in [5.41, 5.74) is 0. The zero-order valence-electron chi connectivity index (χ0n) is 8.15. The van der Waals surface area contributed by atoms with Crippen molar-refractivity contribution in [3.8, 4) is 0 Å². The average Bonchev–Trinajstić information content (AvgIpc) is 1.58. The molecule has 0 aliphatic heterocycles. The molecule has 0 N–H and O–H groups in total. The van der Waals surface area contributed by atoms with Crippen molar-refractivity contribution >= 4 is 0 Å². The van der Waals surface area contributed by atoms with Gasteiger partial charge in [-0.1, -0.05) is 46.9 Å². The van der Waals surface area contributed by atoms with Crippen LogP contribution in [0.5, 0.6) is 0 Å². The summed E-state index contributed by atoms with van der Waals surface area (Å²) in [5, 5.41) is 0. The summed E-state index contributed by atoms with van der Waals surface area (Å²) in [4.78, 5) is 0. The lowest BCUT2D eigenvalue weighted by atomic mass is 10.0. The van der Waals surface area contributed by atoms with Gasteiger partial charge < -0.3 is 0 Å². The summed E-state index contributed by atoms with van der Waals surface area (Å²) in [5.74, 6) is 1.36. The van der Waals surface area contributed by atoms with Crippen LogP contribution in [-0.2, 0) is 0 Å². The van der Waals surface area contributed by atoms with Gasteiger partial charge in [-0.3, -0.25) is 0 Å². The first-order valence-corrected chi connectivity index (χ1v) is 3.94. The van der Waals surface area contributed by atoms with Crippen molar-refractivity contribution in [3.63, 3.8) is 0 Å². The van der Waals surface area contributed by atoms with Gasteiger partial charge in [-0.15, -0.1) is 0 Å². The molecule has 0 fully saturated rings. The molecular formula is C9H20. The highest BCUT2D eigenvalue weighted by molar-refractivity contribution is 4.49. The lowest BCUT2D eigenvalue weighted by Gasteiger charge is -2.05. The minimum Gasteiger partial charge on any atom is -0.0628 e. The van der Waals surface area contributed by atoms with Crippen LogP contribution >= 0.6 is 0 Å². The van der Waals surface area contributed by atoms with E-state index in [2.05, 4.69) is 27.7 Å². The Morgan fingerprint density at radius 2 is 1.33 bits per heavy atom. The van der Waals surface area contributed by atoms with Gasteiger partial charge in [-0.2, -0.15) is 0 Å². The van der Waals surface area contributed by atoms with Crippen LogP contribution in [0.15, 0.2) is 0 Å². The third kappa shape index (κ3) is 8.00. The van der Waals surface area contributed by atoms with Crippen molar-refractivity contribution in [1.82, 2.24) is 0 Å². The molecule has 0 aromatic heterocycles. The number of rotatable bonds is 4. The van der Waals surface area contributed by atoms with Crippen LogP contribution in [0.3, 0.4) is 0 Å². The van der Waals surface area contributed by atoms with Crippen LogP contribution < -0.4 is 0 Å². The molecule has 0 heterocycles. The van der Waals surface area contributed by atoms with E-state index in [1.807, 2.05) is 0 Å². The van der Waals surface area contributed by atoms with Crippen LogP contribution in [0.4, 0.5) is 0 Å². The Balaban J connectivity index is 3.34. The lowest BCUT2D eigenvalue weighted by Crippen LogP contribution is -1.90. The standard InChI is InChI=1S/C9H20/c1-8(2)6-5-7-9(3)4/h8-9H,5-7H2,1-4H3/i5T. The Bertz CT molecular complexity index is 66.8. The van der Waals surface area contributed by atoms with Gasteiger partial charge in [0, 0.05) is 1.37 Å². The van der Waals surface area contributed by atoms with Crippen LogP contribution in [-0.4, -0.2) is 0 Å². The molecule has 0 atom stereocenters. The predicted octanol–water partition coefficient (Wildman–Crippen LogP) is 3.47. The van der Waals surface area contributed by atoms with Gasteiger partial charge in [0.1, 0.15) is 0 Å². The molecule has 0 nitrogen and oxygen atoms in total. The van der Waals surface area contributed by atoms with Gasteiger partial charge in [-0.25, -0.2) is 0 Å². The fraction of sp³-hybridized carbons (Fsp3) is 1.00. The van der Waals surface area contributed by atoms with E-state index in [0.717, 1.165) is 12.8 Å². The molecule has 9 heavy (non-hydrogen) atoms. The second kappa shape index (κ2) is 4.84. The predicted molar refractivity (Wildman–Crippen MR) is 43.5 cm³/mol. The first-order chi connectivity index (χ1) is 4.52. The van der Waals surface area contributed by atoms with Gasteiger partial charge >= 0.3 is 0 Å². The summed E-state index contributed by atoms with van der Waals surface area (Å²) < 4.78 is 7.63. The summed E-state index contributed by atoms with van der Waals surface area (Å²) in [6.07, 6.45) is 2.27. The Labute approximate surface area is 61.1 Å². The van der Waals surface area contributed by atoms with Crippen LogP contribution in [0.2, 0.25) is 0 Å². The highest BCUT2D eigenvalue weighted by atomic mass is 14.0. The first kappa shape index (κ1) is 7.11. The molecule has 0 spiro atoms. The summed E-state index contributed by atoms with van der Waals surface area (Å²) in [6, 6.07) is 0.